The molecule has 1 unspecified atom stereocenters. The molecule has 1 aromatic heterocycles. The molecule has 1 fully saturated rings. The van der Waals surface area contributed by atoms with Crippen LogP contribution in [0.2, 0.25) is 0 Å². The Morgan fingerprint density at radius 2 is 1.91 bits per heavy atom. The van der Waals surface area contributed by atoms with E-state index in [1.807, 2.05) is 4.57 Å². The van der Waals surface area contributed by atoms with Crippen LogP contribution >= 0.6 is 0 Å². The van der Waals surface area contributed by atoms with Crippen molar-refractivity contribution in [2.75, 3.05) is 19.7 Å². The first kappa shape index (κ1) is 28.8. The van der Waals surface area contributed by atoms with Crippen LogP contribution in [0.1, 0.15) is 76.6 Å². The summed E-state index contributed by atoms with van der Waals surface area (Å²) in [5.41, 5.74) is 2.84. The van der Waals surface area contributed by atoms with Crippen LogP contribution in [0, 0.1) is 0 Å². The molecule has 0 radical (unpaired) electrons. The van der Waals surface area contributed by atoms with Crippen molar-refractivity contribution in [3.05, 3.63) is 76.4 Å². The highest BCUT2D eigenvalue weighted by atomic mass is 19.3. The molecule has 3 aliphatic rings. The fourth-order valence-electron chi connectivity index (χ4n) is 6.55. The lowest BCUT2D eigenvalue weighted by molar-refractivity contribution is -0.149. The second kappa shape index (κ2) is 11.4. The maximum atomic E-state index is 14.8. The number of amides is 2. The molecule has 6 rings (SSSR count). The van der Waals surface area contributed by atoms with Gasteiger partial charge in [0.05, 0.1) is 25.2 Å². The second-order valence-electron chi connectivity index (χ2n) is 11.1. The Kier molecular flexibility index (Phi) is 7.61. The summed E-state index contributed by atoms with van der Waals surface area (Å²) in [6.45, 7) is 2.32. The zero-order chi connectivity index (χ0) is 30.4. The minimum Gasteiger partial charge on any atom is -0.465 e. The average molecular weight is 597 g/mol. The van der Waals surface area contributed by atoms with Gasteiger partial charge in [0.25, 0.3) is 12.3 Å². The Labute approximate surface area is 245 Å². The van der Waals surface area contributed by atoms with Crippen LogP contribution in [-0.2, 0) is 29.0 Å². The number of carbonyl (C=O) groups is 3. The number of alkyl halides is 3. The molecule has 0 saturated carbocycles. The largest absolute Gasteiger partial charge is 0.465 e. The van der Waals surface area contributed by atoms with Crippen molar-refractivity contribution in [3.8, 4) is 11.1 Å². The molecule has 0 bridgehead atoms. The van der Waals surface area contributed by atoms with Crippen molar-refractivity contribution in [2.24, 2.45) is 0 Å². The highest BCUT2D eigenvalue weighted by Crippen LogP contribution is 2.41. The quantitative estimate of drug-likeness (QED) is 0.361. The molecule has 2 amide bonds. The van der Waals surface area contributed by atoms with Crippen molar-refractivity contribution >= 4 is 18.0 Å². The first-order chi connectivity index (χ1) is 20.7. The molecule has 0 spiro atoms. The zero-order valence-corrected chi connectivity index (χ0v) is 23.5. The maximum Gasteiger partial charge on any atom is 0.407 e. The number of esters is 1. The number of halogens is 3. The summed E-state index contributed by atoms with van der Waals surface area (Å²) in [6.07, 6.45) is -1.88. The molecule has 2 aromatic carbocycles. The number of aromatic nitrogens is 2. The molecule has 1 saturated heterocycles. The third-order valence-electron chi connectivity index (χ3n) is 8.70. The molecule has 226 valence electrons. The van der Waals surface area contributed by atoms with Crippen molar-refractivity contribution in [1.82, 2.24) is 19.4 Å². The third kappa shape index (κ3) is 5.12. The van der Waals surface area contributed by atoms with E-state index in [0.29, 0.717) is 35.2 Å². The van der Waals surface area contributed by atoms with E-state index in [2.05, 4.69) is 4.98 Å². The van der Waals surface area contributed by atoms with Crippen LogP contribution in [0.5, 0.6) is 0 Å². The molecule has 4 heterocycles. The van der Waals surface area contributed by atoms with E-state index in [9.17, 15) is 27.6 Å². The van der Waals surface area contributed by atoms with Crippen molar-refractivity contribution < 1.29 is 37.4 Å². The van der Waals surface area contributed by atoms with Crippen molar-refractivity contribution in [3.63, 3.8) is 0 Å². The van der Waals surface area contributed by atoms with Gasteiger partial charge in [-0.15, -0.1) is 0 Å². The van der Waals surface area contributed by atoms with E-state index in [0.717, 1.165) is 23.6 Å². The fourth-order valence-corrected chi connectivity index (χ4v) is 6.55. The molecule has 43 heavy (non-hydrogen) atoms. The van der Waals surface area contributed by atoms with Crippen molar-refractivity contribution in [2.45, 2.75) is 63.8 Å². The van der Waals surface area contributed by atoms with Gasteiger partial charge in [0.2, 0.25) is 0 Å². The summed E-state index contributed by atoms with van der Waals surface area (Å²) < 4.78 is 50.9. The number of piperidine rings is 1. The minimum absolute atomic E-state index is 0.0879. The highest BCUT2D eigenvalue weighted by molar-refractivity contribution is 6.02. The number of hydrogen-bond donors (Lipinski definition) is 1. The first-order valence-electron chi connectivity index (χ1n) is 14.4. The average Bonchev–Trinajstić information content (AvgIpc) is 3.69. The van der Waals surface area contributed by atoms with E-state index in [1.54, 1.807) is 43.6 Å². The van der Waals surface area contributed by atoms with Crippen LogP contribution in [0.4, 0.5) is 18.0 Å². The van der Waals surface area contributed by atoms with Gasteiger partial charge >= 0.3 is 12.1 Å². The lowest BCUT2D eigenvalue weighted by atomic mass is 9.87. The summed E-state index contributed by atoms with van der Waals surface area (Å²) in [4.78, 5) is 45.0. The molecular weight excluding hydrogens is 565 g/mol. The van der Waals surface area contributed by atoms with Crippen LogP contribution in [0.25, 0.3) is 11.1 Å². The van der Waals surface area contributed by atoms with E-state index >= 15 is 0 Å². The number of aryl methyl sites for hydroxylation is 1. The molecule has 9 nitrogen and oxygen atoms in total. The Morgan fingerprint density at radius 3 is 2.58 bits per heavy atom. The van der Waals surface area contributed by atoms with Crippen LogP contribution < -0.4 is 0 Å². The summed E-state index contributed by atoms with van der Waals surface area (Å²) in [7, 11) is 0. The number of ether oxygens (including phenoxy) is 1. The fraction of sp³-hybridized carbons (Fsp3) is 0.419. The van der Waals surface area contributed by atoms with E-state index < -0.39 is 42.5 Å². The van der Waals surface area contributed by atoms with Crippen molar-refractivity contribution in [1.29, 1.82) is 0 Å². The van der Waals surface area contributed by atoms with Gasteiger partial charge in [-0.2, -0.15) is 0 Å². The van der Waals surface area contributed by atoms with Crippen LogP contribution in [-0.4, -0.2) is 68.3 Å². The number of fused-ring (bicyclic) bond motifs is 2. The van der Waals surface area contributed by atoms with Crippen LogP contribution in [0.3, 0.4) is 0 Å². The lowest BCUT2D eigenvalue weighted by Gasteiger charge is -2.33. The lowest BCUT2D eigenvalue weighted by Crippen LogP contribution is -2.43. The first-order valence-corrected chi connectivity index (χ1v) is 14.4. The molecule has 3 atom stereocenters. The minimum atomic E-state index is -2.87. The summed E-state index contributed by atoms with van der Waals surface area (Å²) in [5, 5.41) is 9.16. The second-order valence-corrected chi connectivity index (χ2v) is 11.1. The SMILES string of the molecule is CCOC(=O)C(c1ncn2c1CCC2)N1Cc2c(cc(-c3ccc([C@@H]4CCN(C(=O)O)C[C@H]4F)cc3)cc2C(F)F)C1=O. The Bertz CT molecular complexity index is 1570. The molecule has 1 N–H and O–H groups in total. The summed E-state index contributed by atoms with van der Waals surface area (Å²) >= 11 is 0. The number of carboxylic acid groups (broad SMARTS) is 1. The number of hydrogen-bond acceptors (Lipinski definition) is 5. The van der Waals surface area contributed by atoms with Gasteiger partial charge < -0.3 is 24.2 Å². The predicted molar refractivity (Wildman–Crippen MR) is 148 cm³/mol. The van der Waals surface area contributed by atoms with Gasteiger partial charge in [-0.1, -0.05) is 24.3 Å². The Balaban J connectivity index is 1.31. The zero-order valence-electron chi connectivity index (χ0n) is 23.5. The van der Waals surface area contributed by atoms with E-state index in [-0.39, 0.29) is 42.9 Å². The van der Waals surface area contributed by atoms with Gasteiger partial charge in [-0.05, 0) is 60.6 Å². The Morgan fingerprint density at radius 1 is 1.14 bits per heavy atom. The molecular formula is C31H31F3N4O5. The normalized spacial score (nSPS) is 20.3. The number of benzene rings is 2. The summed E-state index contributed by atoms with van der Waals surface area (Å²) in [5.74, 6) is -1.70. The number of nitrogens with zero attached hydrogens (tertiary/aromatic N) is 4. The van der Waals surface area contributed by atoms with E-state index in [4.69, 9.17) is 9.84 Å². The molecule has 3 aromatic rings. The number of carbonyl (C=O) groups excluding carboxylic acids is 2. The predicted octanol–water partition coefficient (Wildman–Crippen LogP) is 5.50. The van der Waals surface area contributed by atoms with Gasteiger partial charge in [-0.25, -0.2) is 27.7 Å². The topological polar surface area (TPSA) is 105 Å². The van der Waals surface area contributed by atoms with Gasteiger partial charge in [0.1, 0.15) is 6.17 Å². The number of likely N-dealkylation sites (tertiary alicyclic amines) is 1. The standard InChI is InChI=1S/C31H31F3N4O5/c1-2-43-30(40)27(26-25-4-3-10-37(25)16-35-26)38-14-23-21(28(33)34)12-19(13-22(23)29(38)39)17-5-7-18(8-6-17)20-9-11-36(31(41)42)15-24(20)32/h5-8,12-13,16,20,24,27-28H,2-4,9-11,14-15H2,1H3,(H,41,42)/t20-,24+,27?/m0/s1. The number of rotatable bonds is 7. The van der Waals surface area contributed by atoms with Gasteiger partial charge in [0.15, 0.2) is 6.04 Å². The smallest absolute Gasteiger partial charge is 0.407 e. The Hall–Kier alpha value is -4.35. The number of imidazole rings is 1. The molecule has 3 aliphatic heterocycles. The third-order valence-corrected chi connectivity index (χ3v) is 8.70. The molecule has 12 heteroatoms. The van der Waals surface area contributed by atoms with Gasteiger partial charge in [-0.3, -0.25) is 4.79 Å². The summed E-state index contributed by atoms with van der Waals surface area (Å²) in [6, 6.07) is 8.55. The molecule has 0 aliphatic carbocycles. The monoisotopic (exact) mass is 596 g/mol. The van der Waals surface area contributed by atoms with Gasteiger partial charge in [0, 0.05) is 42.4 Å². The van der Waals surface area contributed by atoms with E-state index in [1.165, 1.54) is 11.0 Å². The maximum absolute atomic E-state index is 14.8. The van der Waals surface area contributed by atoms with Crippen LogP contribution in [0.15, 0.2) is 42.7 Å². The highest BCUT2D eigenvalue weighted by Gasteiger charge is 2.43.